The van der Waals surface area contributed by atoms with Gasteiger partial charge in [-0.05, 0) is 25.0 Å². The highest BCUT2D eigenvalue weighted by Crippen LogP contribution is 2.28. The molecule has 1 N–H and O–H groups in total. The molecule has 0 saturated heterocycles. The van der Waals surface area contributed by atoms with Gasteiger partial charge in [-0.1, -0.05) is 0 Å². The van der Waals surface area contributed by atoms with Crippen LogP contribution in [0.5, 0.6) is 0 Å². The summed E-state index contributed by atoms with van der Waals surface area (Å²) in [6, 6.07) is 2.85. The zero-order valence-corrected chi connectivity index (χ0v) is 10.2. The molecule has 0 spiro atoms. The van der Waals surface area contributed by atoms with Crippen molar-refractivity contribution in [3.05, 3.63) is 24.0 Å². The van der Waals surface area contributed by atoms with E-state index in [-0.39, 0.29) is 24.9 Å². The van der Waals surface area contributed by atoms with Crippen molar-refractivity contribution in [3.63, 3.8) is 0 Å². The van der Waals surface area contributed by atoms with E-state index in [9.17, 15) is 18.0 Å². The number of aromatic nitrogens is 1. The minimum Gasteiger partial charge on any atom is -0.395 e. The van der Waals surface area contributed by atoms with Crippen LogP contribution < -0.4 is 0 Å². The van der Waals surface area contributed by atoms with Crippen LogP contribution in [0.3, 0.4) is 0 Å². The summed E-state index contributed by atoms with van der Waals surface area (Å²) in [6.07, 6.45) is -1.45. The first-order chi connectivity index (χ1) is 8.92. The van der Waals surface area contributed by atoms with E-state index in [0.29, 0.717) is 0 Å². The van der Waals surface area contributed by atoms with E-state index in [1.165, 1.54) is 23.2 Å². The molecule has 0 radical (unpaired) electrons. The fourth-order valence-corrected chi connectivity index (χ4v) is 2.03. The number of hydrogen-bond donors (Lipinski definition) is 1. The number of nitrogens with zero attached hydrogens (tertiary/aromatic N) is 2. The number of hydrogen-bond acceptors (Lipinski definition) is 2. The maximum absolute atomic E-state index is 12.4. The Kier molecular flexibility index (Phi) is 3.84. The molecule has 4 nitrogen and oxygen atoms in total. The lowest BCUT2D eigenvalue weighted by molar-refractivity contribution is -0.140. The summed E-state index contributed by atoms with van der Waals surface area (Å²) < 4.78 is 38.1. The van der Waals surface area contributed by atoms with Crippen molar-refractivity contribution in [1.29, 1.82) is 0 Å². The van der Waals surface area contributed by atoms with Gasteiger partial charge in [0.05, 0.1) is 6.61 Å². The molecule has 0 bridgehead atoms. The largest absolute Gasteiger partial charge is 0.406 e. The van der Waals surface area contributed by atoms with Crippen molar-refractivity contribution >= 4 is 5.91 Å². The molecule has 1 heterocycles. The first kappa shape index (κ1) is 13.9. The maximum Gasteiger partial charge on any atom is 0.406 e. The molecule has 1 fully saturated rings. The Labute approximate surface area is 108 Å². The highest BCUT2D eigenvalue weighted by atomic mass is 19.4. The number of aliphatic hydroxyl groups excluding tert-OH is 1. The number of carbonyl (C=O) groups is 1. The summed E-state index contributed by atoms with van der Waals surface area (Å²) in [6.45, 7) is -1.22. The monoisotopic (exact) mass is 276 g/mol. The van der Waals surface area contributed by atoms with Crippen molar-refractivity contribution in [3.8, 4) is 0 Å². The molecule has 1 aliphatic carbocycles. The quantitative estimate of drug-likeness (QED) is 0.888. The predicted octanol–water partition coefficient (Wildman–Crippen LogP) is 1.65. The molecule has 7 heteroatoms. The zero-order chi connectivity index (χ0) is 14.0. The first-order valence-corrected chi connectivity index (χ1v) is 6.06. The van der Waals surface area contributed by atoms with Gasteiger partial charge in [0.25, 0.3) is 5.91 Å². The third-order valence-electron chi connectivity index (χ3n) is 2.99. The molecule has 0 unspecified atom stereocenters. The summed E-state index contributed by atoms with van der Waals surface area (Å²) in [7, 11) is 0. The molecular weight excluding hydrogens is 261 g/mol. The van der Waals surface area contributed by atoms with Crippen LogP contribution in [0.1, 0.15) is 23.3 Å². The van der Waals surface area contributed by atoms with Crippen LogP contribution in [0.4, 0.5) is 13.2 Å². The summed E-state index contributed by atoms with van der Waals surface area (Å²) in [5.41, 5.74) is 0.0117. The van der Waals surface area contributed by atoms with E-state index in [2.05, 4.69) is 0 Å². The lowest BCUT2D eigenvalue weighted by Gasteiger charge is -2.22. The summed E-state index contributed by atoms with van der Waals surface area (Å²) in [5.74, 6) is -0.453. The van der Waals surface area contributed by atoms with Crippen molar-refractivity contribution < 1.29 is 23.1 Å². The molecule has 1 aromatic heterocycles. The number of alkyl halides is 3. The molecule has 1 saturated carbocycles. The van der Waals surface area contributed by atoms with Crippen LogP contribution >= 0.6 is 0 Å². The van der Waals surface area contributed by atoms with Gasteiger partial charge < -0.3 is 14.6 Å². The van der Waals surface area contributed by atoms with Gasteiger partial charge in [0.1, 0.15) is 12.2 Å². The lowest BCUT2D eigenvalue weighted by atomic mass is 10.3. The fourth-order valence-electron chi connectivity index (χ4n) is 2.03. The molecule has 106 valence electrons. The van der Waals surface area contributed by atoms with Crippen molar-refractivity contribution in [2.75, 3.05) is 13.2 Å². The molecule has 1 amide bonds. The van der Waals surface area contributed by atoms with Crippen LogP contribution in [-0.4, -0.2) is 45.9 Å². The zero-order valence-electron chi connectivity index (χ0n) is 10.2. The Morgan fingerprint density at radius 2 is 2.16 bits per heavy atom. The van der Waals surface area contributed by atoms with Gasteiger partial charge in [-0.25, -0.2) is 0 Å². The first-order valence-electron chi connectivity index (χ1n) is 6.06. The summed E-state index contributed by atoms with van der Waals surface area (Å²) in [5, 5.41) is 8.93. The lowest BCUT2D eigenvalue weighted by Crippen LogP contribution is -2.37. The van der Waals surface area contributed by atoms with Gasteiger partial charge in [-0.15, -0.1) is 0 Å². The normalized spacial score (nSPS) is 15.6. The molecule has 1 aromatic rings. The molecule has 2 rings (SSSR count). The molecular formula is C12H15F3N2O2. The van der Waals surface area contributed by atoms with Crippen LogP contribution in [-0.2, 0) is 6.54 Å². The Balaban J connectivity index is 2.16. The number of aliphatic hydroxyl groups is 1. The second kappa shape index (κ2) is 5.24. The average molecular weight is 276 g/mol. The van der Waals surface area contributed by atoms with Gasteiger partial charge in [-0.2, -0.15) is 13.2 Å². The van der Waals surface area contributed by atoms with Gasteiger partial charge in [0.15, 0.2) is 0 Å². The Morgan fingerprint density at radius 1 is 1.47 bits per heavy atom. The number of carbonyl (C=O) groups excluding carboxylic acids is 1. The van der Waals surface area contributed by atoms with Crippen molar-refractivity contribution in [2.45, 2.75) is 31.6 Å². The molecule has 19 heavy (non-hydrogen) atoms. The molecule has 0 aromatic carbocycles. The summed E-state index contributed by atoms with van der Waals surface area (Å²) in [4.78, 5) is 13.7. The Hall–Kier alpha value is -1.50. The van der Waals surface area contributed by atoms with E-state index < -0.39 is 18.6 Å². The topological polar surface area (TPSA) is 45.5 Å². The Bertz CT molecular complexity index is 452. The average Bonchev–Trinajstić information content (AvgIpc) is 3.04. The fraction of sp³-hybridized carbons (Fsp3) is 0.583. The highest BCUT2D eigenvalue weighted by molar-refractivity contribution is 5.93. The van der Waals surface area contributed by atoms with Gasteiger partial charge in [0.2, 0.25) is 0 Å². The standard InChI is InChI=1S/C12H15F3N2O2/c13-12(14,15)8-16-5-1-2-10(16)11(19)17(6-7-18)9-3-4-9/h1-2,5,9,18H,3-4,6-8H2. The van der Waals surface area contributed by atoms with E-state index in [0.717, 1.165) is 17.4 Å². The maximum atomic E-state index is 12.4. The van der Waals surface area contributed by atoms with Crippen LogP contribution in [0.25, 0.3) is 0 Å². The molecule has 0 aliphatic heterocycles. The smallest absolute Gasteiger partial charge is 0.395 e. The minimum absolute atomic E-state index is 0.0117. The SMILES string of the molecule is O=C(c1cccn1CC(F)(F)F)N(CCO)C1CC1. The van der Waals surface area contributed by atoms with E-state index in [4.69, 9.17) is 5.11 Å². The second-order valence-electron chi connectivity index (χ2n) is 4.59. The van der Waals surface area contributed by atoms with Gasteiger partial charge in [0, 0.05) is 18.8 Å². The van der Waals surface area contributed by atoms with E-state index in [1.54, 1.807) is 0 Å². The van der Waals surface area contributed by atoms with Crippen LogP contribution in [0.15, 0.2) is 18.3 Å². The number of amides is 1. The molecule has 1 aliphatic rings. The van der Waals surface area contributed by atoms with E-state index >= 15 is 0 Å². The van der Waals surface area contributed by atoms with Crippen molar-refractivity contribution in [1.82, 2.24) is 9.47 Å². The second-order valence-corrected chi connectivity index (χ2v) is 4.59. The predicted molar refractivity (Wildman–Crippen MR) is 61.6 cm³/mol. The van der Waals surface area contributed by atoms with Crippen LogP contribution in [0, 0.1) is 0 Å². The van der Waals surface area contributed by atoms with Crippen LogP contribution in [0.2, 0.25) is 0 Å². The van der Waals surface area contributed by atoms with Gasteiger partial charge in [-0.3, -0.25) is 4.79 Å². The van der Waals surface area contributed by atoms with Gasteiger partial charge >= 0.3 is 6.18 Å². The summed E-state index contributed by atoms with van der Waals surface area (Å²) >= 11 is 0. The number of halogens is 3. The van der Waals surface area contributed by atoms with Crippen molar-refractivity contribution in [2.24, 2.45) is 0 Å². The highest BCUT2D eigenvalue weighted by Gasteiger charge is 2.35. The third-order valence-corrected chi connectivity index (χ3v) is 2.99. The third kappa shape index (κ3) is 3.50. The molecule has 0 atom stereocenters. The van der Waals surface area contributed by atoms with E-state index in [1.807, 2.05) is 0 Å². The Morgan fingerprint density at radius 3 is 2.68 bits per heavy atom. The number of rotatable bonds is 5. The minimum atomic E-state index is -4.37.